The van der Waals surface area contributed by atoms with Gasteiger partial charge in [-0.1, -0.05) is 29.8 Å². The lowest BCUT2D eigenvalue weighted by Gasteiger charge is -2.32. The third-order valence-corrected chi connectivity index (χ3v) is 2.97. The molecule has 0 spiro atoms. The van der Waals surface area contributed by atoms with Crippen molar-refractivity contribution < 1.29 is 8.78 Å². The van der Waals surface area contributed by atoms with Crippen LogP contribution in [-0.2, 0) is 0 Å². The van der Waals surface area contributed by atoms with E-state index in [2.05, 4.69) is 5.32 Å². The molecule has 1 aromatic carbocycles. The van der Waals surface area contributed by atoms with Gasteiger partial charge in [0.25, 0.3) is 5.92 Å². The van der Waals surface area contributed by atoms with Crippen LogP contribution in [0.25, 0.3) is 0 Å². The molecule has 1 nitrogen and oxygen atoms in total. The lowest BCUT2D eigenvalue weighted by molar-refractivity contribution is -0.0479. The average molecular weight is 211 g/mol. The number of nitrogens with one attached hydrogen (secondary N) is 1. The Bertz CT molecular complexity index is 332. The van der Waals surface area contributed by atoms with E-state index in [0.29, 0.717) is 13.1 Å². The highest BCUT2D eigenvalue weighted by Gasteiger charge is 2.42. The summed E-state index contributed by atoms with van der Waals surface area (Å²) in [6.07, 6.45) is -0.0639. The van der Waals surface area contributed by atoms with Gasteiger partial charge < -0.3 is 5.32 Å². The summed E-state index contributed by atoms with van der Waals surface area (Å²) >= 11 is 0. The van der Waals surface area contributed by atoms with Crippen LogP contribution in [0, 0.1) is 6.92 Å². The quantitative estimate of drug-likeness (QED) is 0.753. The number of rotatable bonds is 1. The molecule has 1 fully saturated rings. The van der Waals surface area contributed by atoms with Gasteiger partial charge in [0, 0.05) is 19.5 Å². The predicted octanol–water partition coefficient (Wildman–Crippen LogP) is 2.71. The Morgan fingerprint density at radius 3 is 2.53 bits per heavy atom. The summed E-state index contributed by atoms with van der Waals surface area (Å²) in [7, 11) is 0. The van der Waals surface area contributed by atoms with Crippen LogP contribution < -0.4 is 5.32 Å². The molecule has 1 aliphatic heterocycles. The predicted molar refractivity (Wildman–Crippen MR) is 56.4 cm³/mol. The van der Waals surface area contributed by atoms with Crippen molar-refractivity contribution >= 4 is 0 Å². The number of alkyl halides is 2. The monoisotopic (exact) mass is 211 g/mol. The normalized spacial score (nSPS) is 25.1. The number of aryl methyl sites for hydroxylation is 1. The fourth-order valence-corrected chi connectivity index (χ4v) is 1.99. The van der Waals surface area contributed by atoms with Gasteiger partial charge in [0.15, 0.2) is 0 Å². The van der Waals surface area contributed by atoms with Crippen LogP contribution in [0.15, 0.2) is 24.3 Å². The molecule has 1 aromatic rings. The molecule has 0 aromatic heterocycles. The zero-order valence-corrected chi connectivity index (χ0v) is 8.76. The molecule has 1 unspecified atom stereocenters. The van der Waals surface area contributed by atoms with Crippen LogP contribution in [0.2, 0.25) is 0 Å². The first-order chi connectivity index (χ1) is 7.09. The van der Waals surface area contributed by atoms with Gasteiger partial charge in [-0.3, -0.25) is 0 Å². The molecule has 15 heavy (non-hydrogen) atoms. The summed E-state index contributed by atoms with van der Waals surface area (Å²) in [4.78, 5) is 0. The van der Waals surface area contributed by atoms with E-state index in [-0.39, 0.29) is 6.42 Å². The lowest BCUT2D eigenvalue weighted by Crippen LogP contribution is -2.42. The molecule has 1 N–H and O–H groups in total. The average Bonchev–Trinajstić information content (AvgIpc) is 2.19. The van der Waals surface area contributed by atoms with Crippen molar-refractivity contribution in [1.82, 2.24) is 5.32 Å². The topological polar surface area (TPSA) is 12.0 Å². The summed E-state index contributed by atoms with van der Waals surface area (Å²) in [6, 6.07) is 7.39. The maximum atomic E-state index is 13.6. The van der Waals surface area contributed by atoms with E-state index in [1.165, 1.54) is 0 Å². The van der Waals surface area contributed by atoms with Crippen LogP contribution in [0.3, 0.4) is 0 Å². The van der Waals surface area contributed by atoms with Gasteiger partial charge in [0.05, 0.1) is 5.92 Å². The molecule has 3 heteroatoms. The molecule has 1 saturated heterocycles. The van der Waals surface area contributed by atoms with E-state index in [9.17, 15) is 8.78 Å². The maximum Gasteiger partial charge on any atom is 0.257 e. The van der Waals surface area contributed by atoms with Gasteiger partial charge in [-0.2, -0.15) is 0 Å². The largest absolute Gasteiger partial charge is 0.316 e. The van der Waals surface area contributed by atoms with Gasteiger partial charge in [0.1, 0.15) is 0 Å². The van der Waals surface area contributed by atoms with Crippen molar-refractivity contribution in [2.75, 3.05) is 13.1 Å². The zero-order valence-electron chi connectivity index (χ0n) is 8.76. The summed E-state index contributed by atoms with van der Waals surface area (Å²) in [5.41, 5.74) is 1.84. The van der Waals surface area contributed by atoms with E-state index in [1.54, 1.807) is 12.1 Å². The second-order valence-electron chi connectivity index (χ2n) is 4.18. The van der Waals surface area contributed by atoms with Crippen molar-refractivity contribution in [3.8, 4) is 0 Å². The number of hydrogen-bond acceptors (Lipinski definition) is 1. The van der Waals surface area contributed by atoms with Gasteiger partial charge in [-0.15, -0.1) is 0 Å². The van der Waals surface area contributed by atoms with Crippen molar-refractivity contribution in [3.05, 3.63) is 35.4 Å². The highest BCUT2D eigenvalue weighted by atomic mass is 19.3. The highest BCUT2D eigenvalue weighted by Crippen LogP contribution is 2.37. The second-order valence-corrected chi connectivity index (χ2v) is 4.18. The van der Waals surface area contributed by atoms with Crippen LogP contribution in [0.1, 0.15) is 23.5 Å². The van der Waals surface area contributed by atoms with Gasteiger partial charge >= 0.3 is 0 Å². The first-order valence-electron chi connectivity index (χ1n) is 5.25. The minimum Gasteiger partial charge on any atom is -0.316 e. The molecule has 0 aliphatic carbocycles. The van der Waals surface area contributed by atoms with Crippen LogP contribution in [0.4, 0.5) is 8.78 Å². The van der Waals surface area contributed by atoms with Crippen molar-refractivity contribution in [1.29, 1.82) is 0 Å². The Labute approximate surface area is 88.5 Å². The molecule has 0 amide bonds. The number of halogens is 2. The fraction of sp³-hybridized carbons (Fsp3) is 0.500. The van der Waals surface area contributed by atoms with Crippen LogP contribution in [-0.4, -0.2) is 19.0 Å². The summed E-state index contributed by atoms with van der Waals surface area (Å²) in [6.45, 7) is 2.74. The summed E-state index contributed by atoms with van der Waals surface area (Å²) < 4.78 is 27.2. The van der Waals surface area contributed by atoms with Crippen molar-refractivity contribution in [2.24, 2.45) is 0 Å². The van der Waals surface area contributed by atoms with E-state index in [0.717, 1.165) is 11.1 Å². The molecule has 0 radical (unpaired) electrons. The standard InChI is InChI=1S/C12H15F2N/c1-9-2-4-10(5-3-9)11-8-15-7-6-12(11,13)14/h2-5,11,15H,6-8H2,1H3. The molecule has 1 atom stereocenters. The third kappa shape index (κ3) is 2.17. The van der Waals surface area contributed by atoms with Crippen LogP contribution >= 0.6 is 0 Å². The van der Waals surface area contributed by atoms with E-state index >= 15 is 0 Å². The number of piperidine rings is 1. The number of benzene rings is 1. The van der Waals surface area contributed by atoms with Gasteiger partial charge in [-0.05, 0) is 12.5 Å². The van der Waals surface area contributed by atoms with Gasteiger partial charge in [-0.25, -0.2) is 8.78 Å². The Morgan fingerprint density at radius 1 is 1.27 bits per heavy atom. The second kappa shape index (κ2) is 3.89. The van der Waals surface area contributed by atoms with Crippen LogP contribution in [0.5, 0.6) is 0 Å². The SMILES string of the molecule is Cc1ccc(C2CNCCC2(F)F)cc1. The first-order valence-corrected chi connectivity index (χ1v) is 5.25. The van der Waals surface area contributed by atoms with Gasteiger partial charge in [0.2, 0.25) is 0 Å². The van der Waals surface area contributed by atoms with Crippen molar-refractivity contribution in [3.63, 3.8) is 0 Å². The molecule has 82 valence electrons. The minimum atomic E-state index is -2.57. The van der Waals surface area contributed by atoms with Crippen molar-refractivity contribution in [2.45, 2.75) is 25.2 Å². The minimum absolute atomic E-state index is 0.0639. The third-order valence-electron chi connectivity index (χ3n) is 2.97. The summed E-state index contributed by atoms with van der Waals surface area (Å²) in [5, 5.41) is 3.02. The Hall–Kier alpha value is -0.960. The lowest BCUT2D eigenvalue weighted by atomic mass is 9.88. The molecule has 2 rings (SSSR count). The number of hydrogen-bond donors (Lipinski definition) is 1. The summed E-state index contributed by atoms with van der Waals surface area (Å²) in [5.74, 6) is -3.24. The van der Waals surface area contributed by atoms with E-state index in [1.807, 2.05) is 19.1 Å². The molecule has 1 aliphatic rings. The molecule has 0 bridgehead atoms. The zero-order chi connectivity index (χ0) is 10.9. The molecular weight excluding hydrogens is 196 g/mol. The Morgan fingerprint density at radius 2 is 1.93 bits per heavy atom. The smallest absolute Gasteiger partial charge is 0.257 e. The highest BCUT2D eigenvalue weighted by molar-refractivity contribution is 5.27. The fourth-order valence-electron chi connectivity index (χ4n) is 1.99. The van der Waals surface area contributed by atoms with E-state index in [4.69, 9.17) is 0 Å². The van der Waals surface area contributed by atoms with E-state index < -0.39 is 11.8 Å². The molecule has 1 heterocycles. The Kier molecular flexibility index (Phi) is 2.74. The molecule has 0 saturated carbocycles. The first kappa shape index (κ1) is 10.6. The molecular formula is C12H15F2N. The maximum absolute atomic E-state index is 13.6. The Balaban J connectivity index is 2.25.